The van der Waals surface area contributed by atoms with E-state index in [1.54, 1.807) is 12.1 Å². The van der Waals surface area contributed by atoms with Gasteiger partial charge in [0, 0.05) is 0 Å². The molecule has 0 aliphatic carbocycles. The number of hydrogen-bond acceptors (Lipinski definition) is 2. The molecule has 0 unspecified atom stereocenters. The predicted molar refractivity (Wildman–Crippen MR) is 69.0 cm³/mol. The predicted octanol–water partition coefficient (Wildman–Crippen LogP) is 3.01. The standard InChI is InChI=1S/C14H22FNO/c1-14(2,7-8-16-3)10-11-5-6-13(17-4)12(15)9-11/h5-6,9,16H,7-8,10H2,1-4H3. The fraction of sp³-hybridized carbons (Fsp3) is 0.571. The van der Waals surface area contributed by atoms with Crippen molar-refractivity contribution in [2.75, 3.05) is 20.7 Å². The Labute approximate surface area is 103 Å². The number of nitrogens with one attached hydrogen (secondary N) is 1. The minimum absolute atomic E-state index is 0.171. The Balaban J connectivity index is 2.71. The van der Waals surface area contributed by atoms with Crippen LogP contribution in [0.15, 0.2) is 18.2 Å². The van der Waals surface area contributed by atoms with Gasteiger partial charge in [0.05, 0.1) is 7.11 Å². The van der Waals surface area contributed by atoms with Gasteiger partial charge in [-0.2, -0.15) is 0 Å². The molecule has 0 aliphatic heterocycles. The lowest BCUT2D eigenvalue weighted by Gasteiger charge is -2.24. The normalized spacial score (nSPS) is 11.6. The maximum atomic E-state index is 13.5. The Morgan fingerprint density at radius 1 is 1.35 bits per heavy atom. The number of hydrogen-bond donors (Lipinski definition) is 1. The van der Waals surface area contributed by atoms with Crippen molar-refractivity contribution < 1.29 is 9.13 Å². The third kappa shape index (κ3) is 4.35. The Kier molecular flexibility index (Phi) is 4.94. The third-order valence-electron chi connectivity index (χ3n) is 2.95. The molecule has 0 aromatic heterocycles. The van der Waals surface area contributed by atoms with Crippen LogP contribution >= 0.6 is 0 Å². The summed E-state index contributed by atoms with van der Waals surface area (Å²) in [5.41, 5.74) is 1.19. The number of benzene rings is 1. The van der Waals surface area contributed by atoms with Crippen molar-refractivity contribution in [1.82, 2.24) is 5.32 Å². The largest absolute Gasteiger partial charge is 0.494 e. The van der Waals surface area contributed by atoms with E-state index in [9.17, 15) is 4.39 Å². The molecule has 0 radical (unpaired) electrons. The number of rotatable bonds is 6. The first-order valence-electron chi connectivity index (χ1n) is 5.95. The topological polar surface area (TPSA) is 21.3 Å². The zero-order chi connectivity index (χ0) is 12.9. The SMILES string of the molecule is CNCCC(C)(C)Cc1ccc(OC)c(F)c1. The Morgan fingerprint density at radius 2 is 2.06 bits per heavy atom. The summed E-state index contributed by atoms with van der Waals surface area (Å²) in [4.78, 5) is 0. The highest BCUT2D eigenvalue weighted by Crippen LogP contribution is 2.27. The van der Waals surface area contributed by atoms with Crippen molar-refractivity contribution in [2.24, 2.45) is 5.41 Å². The van der Waals surface area contributed by atoms with Gasteiger partial charge in [-0.05, 0) is 49.5 Å². The summed E-state index contributed by atoms with van der Waals surface area (Å²) >= 11 is 0. The summed E-state index contributed by atoms with van der Waals surface area (Å²) in [5.74, 6) is 0.0243. The molecule has 0 amide bonds. The van der Waals surface area contributed by atoms with Crippen LogP contribution in [0.5, 0.6) is 5.75 Å². The van der Waals surface area contributed by atoms with E-state index in [2.05, 4.69) is 19.2 Å². The van der Waals surface area contributed by atoms with Gasteiger partial charge in [0.2, 0.25) is 0 Å². The average Bonchev–Trinajstić information content (AvgIpc) is 2.26. The van der Waals surface area contributed by atoms with Crippen LogP contribution in [-0.4, -0.2) is 20.7 Å². The van der Waals surface area contributed by atoms with Gasteiger partial charge in [-0.1, -0.05) is 19.9 Å². The van der Waals surface area contributed by atoms with Crippen LogP contribution in [0.4, 0.5) is 4.39 Å². The van der Waals surface area contributed by atoms with Crippen LogP contribution in [0, 0.1) is 11.2 Å². The summed E-state index contributed by atoms with van der Waals surface area (Å²) in [5, 5.41) is 3.15. The minimum atomic E-state index is -0.283. The molecule has 0 spiro atoms. The van der Waals surface area contributed by atoms with E-state index in [0.29, 0.717) is 5.75 Å². The van der Waals surface area contributed by atoms with Crippen molar-refractivity contribution in [3.8, 4) is 5.75 Å². The second-order valence-electron chi connectivity index (χ2n) is 5.16. The number of methoxy groups -OCH3 is 1. The number of halogens is 1. The summed E-state index contributed by atoms with van der Waals surface area (Å²) in [7, 11) is 3.43. The first-order chi connectivity index (χ1) is 7.98. The maximum Gasteiger partial charge on any atom is 0.165 e. The first kappa shape index (κ1) is 14.0. The van der Waals surface area contributed by atoms with Crippen LogP contribution in [0.2, 0.25) is 0 Å². The molecular formula is C14H22FNO. The molecule has 0 fully saturated rings. The van der Waals surface area contributed by atoms with Gasteiger partial charge in [-0.25, -0.2) is 4.39 Å². The van der Waals surface area contributed by atoms with Crippen molar-refractivity contribution >= 4 is 0 Å². The molecule has 0 atom stereocenters. The second-order valence-corrected chi connectivity index (χ2v) is 5.16. The van der Waals surface area contributed by atoms with Crippen molar-refractivity contribution in [2.45, 2.75) is 26.7 Å². The smallest absolute Gasteiger partial charge is 0.165 e. The van der Waals surface area contributed by atoms with E-state index in [4.69, 9.17) is 4.74 Å². The average molecular weight is 239 g/mol. The maximum absolute atomic E-state index is 13.5. The van der Waals surface area contributed by atoms with Crippen LogP contribution in [0.1, 0.15) is 25.8 Å². The third-order valence-corrected chi connectivity index (χ3v) is 2.95. The van der Waals surface area contributed by atoms with Gasteiger partial charge in [0.25, 0.3) is 0 Å². The highest BCUT2D eigenvalue weighted by atomic mass is 19.1. The molecule has 0 saturated carbocycles. The second kappa shape index (κ2) is 6.01. The lowest BCUT2D eigenvalue weighted by atomic mass is 9.82. The van der Waals surface area contributed by atoms with Gasteiger partial charge >= 0.3 is 0 Å². The Bertz CT molecular complexity index is 363. The molecular weight excluding hydrogens is 217 g/mol. The molecule has 1 N–H and O–H groups in total. The lowest BCUT2D eigenvalue weighted by Crippen LogP contribution is -2.21. The summed E-state index contributed by atoms with van der Waals surface area (Å²) in [6.45, 7) is 5.38. The Hall–Kier alpha value is -1.09. The zero-order valence-electron chi connectivity index (χ0n) is 11.1. The summed E-state index contributed by atoms with van der Waals surface area (Å²) < 4.78 is 18.5. The summed E-state index contributed by atoms with van der Waals surface area (Å²) in [6.07, 6.45) is 1.94. The molecule has 17 heavy (non-hydrogen) atoms. The van der Waals surface area contributed by atoms with Crippen LogP contribution in [0.25, 0.3) is 0 Å². The highest BCUT2D eigenvalue weighted by molar-refractivity contribution is 5.29. The molecule has 2 nitrogen and oxygen atoms in total. The molecule has 1 aromatic carbocycles. The minimum Gasteiger partial charge on any atom is -0.494 e. The van der Waals surface area contributed by atoms with E-state index in [1.807, 2.05) is 13.1 Å². The molecule has 1 rings (SSSR count). The van der Waals surface area contributed by atoms with Gasteiger partial charge in [-0.15, -0.1) is 0 Å². The molecule has 0 heterocycles. The van der Waals surface area contributed by atoms with E-state index >= 15 is 0 Å². The fourth-order valence-electron chi connectivity index (χ4n) is 1.92. The molecule has 0 saturated heterocycles. The van der Waals surface area contributed by atoms with Gasteiger partial charge in [0.1, 0.15) is 0 Å². The molecule has 0 bridgehead atoms. The lowest BCUT2D eigenvalue weighted by molar-refractivity contribution is 0.328. The quantitative estimate of drug-likeness (QED) is 0.824. The molecule has 1 aromatic rings. The summed E-state index contributed by atoms with van der Waals surface area (Å²) in [6, 6.07) is 5.20. The molecule has 96 valence electrons. The van der Waals surface area contributed by atoms with Crippen LogP contribution in [0.3, 0.4) is 0 Å². The first-order valence-corrected chi connectivity index (χ1v) is 5.95. The fourth-order valence-corrected chi connectivity index (χ4v) is 1.92. The van der Waals surface area contributed by atoms with Crippen LogP contribution in [-0.2, 0) is 6.42 Å². The monoisotopic (exact) mass is 239 g/mol. The van der Waals surface area contributed by atoms with Crippen LogP contribution < -0.4 is 10.1 Å². The van der Waals surface area contributed by atoms with E-state index in [-0.39, 0.29) is 11.2 Å². The van der Waals surface area contributed by atoms with E-state index < -0.39 is 0 Å². The zero-order valence-corrected chi connectivity index (χ0v) is 11.1. The van der Waals surface area contributed by atoms with Gasteiger partial charge in [-0.3, -0.25) is 0 Å². The van der Waals surface area contributed by atoms with Gasteiger partial charge in [0.15, 0.2) is 11.6 Å². The Morgan fingerprint density at radius 3 is 2.59 bits per heavy atom. The van der Waals surface area contributed by atoms with E-state index in [0.717, 1.165) is 24.9 Å². The van der Waals surface area contributed by atoms with Crippen molar-refractivity contribution in [3.05, 3.63) is 29.6 Å². The highest BCUT2D eigenvalue weighted by Gasteiger charge is 2.18. The van der Waals surface area contributed by atoms with Crippen molar-refractivity contribution in [1.29, 1.82) is 0 Å². The van der Waals surface area contributed by atoms with Crippen molar-refractivity contribution in [3.63, 3.8) is 0 Å². The molecule has 0 aliphatic rings. The molecule has 3 heteroatoms. The van der Waals surface area contributed by atoms with Gasteiger partial charge < -0.3 is 10.1 Å². The van der Waals surface area contributed by atoms with E-state index in [1.165, 1.54) is 7.11 Å². The number of ether oxygens (including phenoxy) is 1.